The Kier molecular flexibility index (Phi) is 4.81. The van der Waals surface area contributed by atoms with Gasteiger partial charge in [-0.2, -0.15) is 0 Å². The Hall–Kier alpha value is -2.87. The van der Waals surface area contributed by atoms with E-state index in [1.165, 1.54) is 17.2 Å². The number of nitrogens with zero attached hydrogens (tertiary/aromatic N) is 2. The number of H-pyrrole nitrogens is 1. The zero-order chi connectivity index (χ0) is 18.8. The number of hydrogen-bond acceptors (Lipinski definition) is 5. The third kappa shape index (κ3) is 3.80. The molecule has 1 aliphatic heterocycles. The molecule has 1 amide bonds. The Morgan fingerprint density at radius 1 is 1.11 bits per heavy atom. The van der Waals surface area contributed by atoms with Gasteiger partial charge in [-0.15, -0.1) is 0 Å². The van der Waals surface area contributed by atoms with Crippen LogP contribution in [0.25, 0.3) is 0 Å². The number of carbonyl (C=O) groups excluding carboxylic acids is 1. The normalized spacial score (nSPS) is 16.2. The smallest absolute Gasteiger partial charge is 0.330 e. The predicted molar refractivity (Wildman–Crippen MR) is 100 cm³/mol. The van der Waals surface area contributed by atoms with Gasteiger partial charge < -0.3 is 15.0 Å². The number of amides is 1. The summed E-state index contributed by atoms with van der Waals surface area (Å²) in [5.41, 5.74) is 2.36. The van der Waals surface area contributed by atoms with Crippen LogP contribution in [-0.2, 0) is 28.9 Å². The summed E-state index contributed by atoms with van der Waals surface area (Å²) in [5.74, 6) is 0.0586. The summed E-state index contributed by atoms with van der Waals surface area (Å²) in [6.07, 6.45) is 3.30. The van der Waals surface area contributed by atoms with Gasteiger partial charge in [0.1, 0.15) is 12.4 Å². The van der Waals surface area contributed by atoms with E-state index in [4.69, 9.17) is 4.74 Å². The van der Waals surface area contributed by atoms with Gasteiger partial charge in [0.2, 0.25) is 5.91 Å². The molecule has 0 bridgehead atoms. The third-order valence-electron chi connectivity index (χ3n) is 5.06. The fourth-order valence-corrected chi connectivity index (χ4v) is 3.59. The summed E-state index contributed by atoms with van der Waals surface area (Å²) in [6.45, 7) is 1.63. The minimum absolute atomic E-state index is 0.259. The zero-order valence-corrected chi connectivity index (χ0v) is 15.0. The monoisotopic (exact) mass is 370 g/mol. The van der Waals surface area contributed by atoms with Gasteiger partial charge >= 0.3 is 5.69 Å². The number of morpholine rings is 1. The Labute approximate surface area is 155 Å². The molecule has 8 nitrogen and oxygen atoms in total. The Balaban J connectivity index is 1.50. The summed E-state index contributed by atoms with van der Waals surface area (Å²) in [5, 5.41) is 3.08. The molecule has 142 valence electrons. The molecule has 0 radical (unpaired) electrons. The van der Waals surface area contributed by atoms with E-state index < -0.39 is 11.2 Å². The Bertz CT molecular complexity index is 941. The number of rotatable bonds is 4. The molecule has 2 aromatic rings. The molecule has 0 unspecified atom stereocenters. The molecule has 2 aliphatic rings. The number of ether oxygens (including phenoxy) is 1. The number of anilines is 2. The first kappa shape index (κ1) is 17.5. The lowest BCUT2D eigenvalue weighted by molar-refractivity contribution is -0.136. The van der Waals surface area contributed by atoms with Gasteiger partial charge in [0.05, 0.1) is 13.2 Å². The number of carbonyl (C=O) groups is 1. The molecule has 1 saturated heterocycles. The number of nitrogens with one attached hydrogen (secondary N) is 2. The van der Waals surface area contributed by atoms with E-state index in [0.29, 0.717) is 32.1 Å². The number of hydrogen-bond donors (Lipinski definition) is 2. The number of aromatic amines is 1. The zero-order valence-electron chi connectivity index (χ0n) is 15.0. The van der Waals surface area contributed by atoms with Crippen LogP contribution in [0.4, 0.5) is 11.5 Å². The van der Waals surface area contributed by atoms with Crippen molar-refractivity contribution in [2.24, 2.45) is 0 Å². The van der Waals surface area contributed by atoms with Gasteiger partial charge in [0, 0.05) is 24.8 Å². The number of aryl methyl sites for hydroxylation is 2. The third-order valence-corrected chi connectivity index (χ3v) is 5.06. The minimum Gasteiger partial charge on any atom is -0.378 e. The summed E-state index contributed by atoms with van der Waals surface area (Å²) in [4.78, 5) is 41.2. The van der Waals surface area contributed by atoms with Gasteiger partial charge in [0.25, 0.3) is 5.56 Å². The summed E-state index contributed by atoms with van der Waals surface area (Å²) in [6, 6.07) is 7.37. The molecule has 8 heteroatoms. The second-order valence-corrected chi connectivity index (χ2v) is 6.87. The van der Waals surface area contributed by atoms with E-state index in [2.05, 4.69) is 16.4 Å². The second-order valence-electron chi connectivity index (χ2n) is 6.87. The van der Waals surface area contributed by atoms with E-state index >= 15 is 0 Å². The van der Waals surface area contributed by atoms with Crippen LogP contribution in [0.5, 0.6) is 0 Å². The molecule has 2 N–H and O–H groups in total. The second kappa shape index (κ2) is 7.40. The minimum atomic E-state index is -0.604. The van der Waals surface area contributed by atoms with Crippen LogP contribution in [0.2, 0.25) is 0 Å². The van der Waals surface area contributed by atoms with Crippen LogP contribution in [-0.4, -0.2) is 46.7 Å². The molecule has 2 heterocycles. The first-order valence-corrected chi connectivity index (χ1v) is 9.19. The molecule has 1 aliphatic carbocycles. The maximum absolute atomic E-state index is 12.4. The molecule has 4 rings (SSSR count). The lowest BCUT2D eigenvalue weighted by Crippen LogP contribution is -2.46. The quantitative estimate of drug-likeness (QED) is 0.823. The van der Waals surface area contributed by atoms with Crippen molar-refractivity contribution in [1.82, 2.24) is 14.5 Å². The molecule has 0 atom stereocenters. The maximum atomic E-state index is 12.4. The fraction of sp³-hybridized carbons (Fsp3) is 0.421. The highest BCUT2D eigenvalue weighted by atomic mass is 16.5. The van der Waals surface area contributed by atoms with Crippen LogP contribution >= 0.6 is 0 Å². The van der Waals surface area contributed by atoms with Crippen molar-refractivity contribution < 1.29 is 9.53 Å². The Morgan fingerprint density at radius 3 is 2.67 bits per heavy atom. The van der Waals surface area contributed by atoms with Crippen LogP contribution in [0.1, 0.15) is 17.5 Å². The van der Waals surface area contributed by atoms with Crippen LogP contribution in [0.3, 0.4) is 0 Å². The average molecular weight is 370 g/mol. The summed E-state index contributed by atoms with van der Waals surface area (Å²) < 4.78 is 6.13. The molecule has 0 saturated carbocycles. The van der Waals surface area contributed by atoms with Crippen molar-refractivity contribution in [1.29, 1.82) is 0 Å². The average Bonchev–Trinajstić information content (AvgIpc) is 3.13. The van der Waals surface area contributed by atoms with Crippen LogP contribution < -0.4 is 16.6 Å². The lowest BCUT2D eigenvalue weighted by atomic mass is 10.1. The van der Waals surface area contributed by atoms with E-state index in [0.717, 1.165) is 29.5 Å². The van der Waals surface area contributed by atoms with Crippen molar-refractivity contribution in [2.45, 2.75) is 25.8 Å². The van der Waals surface area contributed by atoms with Crippen LogP contribution in [0.15, 0.2) is 33.9 Å². The summed E-state index contributed by atoms with van der Waals surface area (Å²) >= 11 is 0. The molecule has 27 heavy (non-hydrogen) atoms. The van der Waals surface area contributed by atoms with E-state index in [9.17, 15) is 14.4 Å². The largest absolute Gasteiger partial charge is 0.378 e. The number of aromatic nitrogens is 2. The van der Waals surface area contributed by atoms with E-state index in [1.807, 2.05) is 12.1 Å². The number of benzene rings is 1. The Morgan fingerprint density at radius 2 is 1.89 bits per heavy atom. The molecular weight excluding hydrogens is 348 g/mol. The van der Waals surface area contributed by atoms with Crippen molar-refractivity contribution in [3.63, 3.8) is 0 Å². The SMILES string of the molecule is O=C(Cn1c(=O)cc(Nc2ccc3c(c2)CCC3)[nH]c1=O)N1CCOCC1. The van der Waals surface area contributed by atoms with Crippen molar-refractivity contribution in [2.75, 3.05) is 31.6 Å². The molecular formula is C19H22N4O4. The van der Waals surface area contributed by atoms with Gasteiger partial charge in [0.15, 0.2) is 0 Å². The van der Waals surface area contributed by atoms with Crippen molar-refractivity contribution >= 4 is 17.4 Å². The predicted octanol–water partition coefficient (Wildman–Crippen LogP) is 0.628. The molecule has 1 aromatic carbocycles. The van der Waals surface area contributed by atoms with E-state index in [-0.39, 0.29) is 12.5 Å². The molecule has 1 aromatic heterocycles. The highest BCUT2D eigenvalue weighted by Crippen LogP contribution is 2.25. The first-order valence-electron chi connectivity index (χ1n) is 9.19. The maximum Gasteiger partial charge on any atom is 0.330 e. The van der Waals surface area contributed by atoms with Crippen molar-refractivity contribution in [3.05, 3.63) is 56.2 Å². The fourth-order valence-electron chi connectivity index (χ4n) is 3.59. The molecule has 1 fully saturated rings. The number of fused-ring (bicyclic) bond motifs is 1. The van der Waals surface area contributed by atoms with Crippen LogP contribution in [0, 0.1) is 0 Å². The first-order chi connectivity index (χ1) is 13.1. The summed E-state index contributed by atoms with van der Waals surface area (Å²) in [7, 11) is 0. The van der Waals surface area contributed by atoms with E-state index in [1.54, 1.807) is 4.90 Å². The highest BCUT2D eigenvalue weighted by Gasteiger charge is 2.19. The van der Waals surface area contributed by atoms with Gasteiger partial charge in [-0.25, -0.2) is 4.79 Å². The van der Waals surface area contributed by atoms with Gasteiger partial charge in [-0.05, 0) is 42.5 Å². The standard InChI is InChI=1S/C19H22N4O4/c24-17-11-16(20-15-5-4-13-2-1-3-14(13)10-15)21-19(26)23(17)12-18(25)22-6-8-27-9-7-22/h4-5,10-11,20H,1-3,6-9,12H2,(H,21,26). The molecule has 0 spiro atoms. The van der Waals surface area contributed by atoms with Gasteiger partial charge in [-0.1, -0.05) is 6.07 Å². The highest BCUT2D eigenvalue weighted by molar-refractivity contribution is 5.76. The topological polar surface area (TPSA) is 96.4 Å². The van der Waals surface area contributed by atoms with Gasteiger partial charge in [-0.3, -0.25) is 19.1 Å². The van der Waals surface area contributed by atoms with Crippen molar-refractivity contribution in [3.8, 4) is 0 Å². The lowest BCUT2D eigenvalue weighted by Gasteiger charge is -2.26.